The van der Waals surface area contributed by atoms with Gasteiger partial charge in [-0.05, 0) is 57.7 Å². The van der Waals surface area contributed by atoms with Crippen molar-refractivity contribution in [2.24, 2.45) is 0 Å². The van der Waals surface area contributed by atoms with Gasteiger partial charge in [0.2, 0.25) is 0 Å². The maximum absolute atomic E-state index is 13.1. The molecule has 0 fully saturated rings. The van der Waals surface area contributed by atoms with E-state index in [9.17, 15) is 4.39 Å². The predicted molar refractivity (Wildman–Crippen MR) is 77.9 cm³/mol. The summed E-state index contributed by atoms with van der Waals surface area (Å²) in [6.07, 6.45) is 0.653. The number of alkyl halides is 1. The molecule has 1 unspecified atom stereocenters. The topological polar surface area (TPSA) is 0 Å². The summed E-state index contributed by atoms with van der Waals surface area (Å²) >= 11 is 15.4. The Morgan fingerprint density at radius 2 is 1.94 bits per heavy atom. The van der Waals surface area contributed by atoms with Crippen LogP contribution in [0.15, 0.2) is 46.9 Å². The van der Waals surface area contributed by atoms with Gasteiger partial charge in [-0.15, -0.1) is 11.6 Å². The van der Waals surface area contributed by atoms with Gasteiger partial charge in [0, 0.05) is 5.02 Å². The molecule has 18 heavy (non-hydrogen) atoms. The van der Waals surface area contributed by atoms with Gasteiger partial charge in [-0.25, -0.2) is 4.39 Å². The molecule has 0 aromatic heterocycles. The van der Waals surface area contributed by atoms with E-state index in [1.807, 2.05) is 24.3 Å². The van der Waals surface area contributed by atoms with E-state index in [0.717, 1.165) is 11.1 Å². The van der Waals surface area contributed by atoms with E-state index in [1.54, 1.807) is 12.1 Å². The average Bonchev–Trinajstić information content (AvgIpc) is 2.32. The Hall–Kier alpha value is -0.570. The highest BCUT2D eigenvalue weighted by Gasteiger charge is 2.11. The summed E-state index contributed by atoms with van der Waals surface area (Å²) < 4.78 is 13.6. The van der Waals surface area contributed by atoms with Gasteiger partial charge < -0.3 is 0 Å². The smallest absolute Gasteiger partial charge is 0.137 e. The molecular formula is C14H10BrCl2F. The first-order chi connectivity index (χ1) is 8.56. The van der Waals surface area contributed by atoms with Crippen LogP contribution in [-0.2, 0) is 6.42 Å². The van der Waals surface area contributed by atoms with Crippen molar-refractivity contribution >= 4 is 39.1 Å². The molecule has 0 aliphatic heterocycles. The van der Waals surface area contributed by atoms with Gasteiger partial charge in [0.15, 0.2) is 0 Å². The minimum Gasteiger partial charge on any atom is -0.206 e. The van der Waals surface area contributed by atoms with Crippen LogP contribution in [0.5, 0.6) is 0 Å². The second-order valence-electron chi connectivity index (χ2n) is 3.98. The normalized spacial score (nSPS) is 12.4. The molecule has 0 saturated carbocycles. The first kappa shape index (κ1) is 13.9. The molecule has 0 heterocycles. The lowest BCUT2D eigenvalue weighted by molar-refractivity contribution is 0.620. The highest BCUT2D eigenvalue weighted by molar-refractivity contribution is 9.10. The van der Waals surface area contributed by atoms with Crippen LogP contribution in [-0.4, -0.2) is 0 Å². The fraction of sp³-hybridized carbons (Fsp3) is 0.143. The standard InChI is InChI=1S/C14H10BrCl2F/c15-12-8-10(4-5-14(12)18)13(17)7-9-2-1-3-11(16)6-9/h1-6,8,13H,7H2. The van der Waals surface area contributed by atoms with Crippen molar-refractivity contribution in [2.45, 2.75) is 11.8 Å². The van der Waals surface area contributed by atoms with E-state index >= 15 is 0 Å². The quantitative estimate of drug-likeness (QED) is 0.619. The second kappa shape index (κ2) is 6.05. The Labute approximate surface area is 124 Å². The molecule has 0 aliphatic carbocycles. The molecule has 0 spiro atoms. The van der Waals surface area contributed by atoms with Crippen LogP contribution < -0.4 is 0 Å². The average molecular weight is 348 g/mol. The van der Waals surface area contributed by atoms with E-state index in [1.165, 1.54) is 6.07 Å². The highest BCUT2D eigenvalue weighted by atomic mass is 79.9. The van der Waals surface area contributed by atoms with Crippen LogP contribution in [0.4, 0.5) is 4.39 Å². The Kier molecular flexibility index (Phi) is 4.66. The zero-order chi connectivity index (χ0) is 13.1. The maximum atomic E-state index is 13.1. The number of hydrogen-bond acceptors (Lipinski definition) is 0. The lowest BCUT2D eigenvalue weighted by Crippen LogP contribution is -1.96. The summed E-state index contributed by atoms with van der Waals surface area (Å²) in [5.41, 5.74) is 1.94. The third kappa shape index (κ3) is 3.47. The second-order valence-corrected chi connectivity index (χ2v) is 5.79. The zero-order valence-electron chi connectivity index (χ0n) is 9.34. The lowest BCUT2D eigenvalue weighted by Gasteiger charge is -2.11. The summed E-state index contributed by atoms with van der Waals surface area (Å²) in [5.74, 6) is -0.287. The van der Waals surface area contributed by atoms with Crippen LogP contribution in [0.2, 0.25) is 5.02 Å². The molecule has 0 N–H and O–H groups in total. The Morgan fingerprint density at radius 3 is 2.61 bits per heavy atom. The molecule has 0 aliphatic rings. The van der Waals surface area contributed by atoms with E-state index < -0.39 is 0 Å². The third-order valence-electron chi connectivity index (χ3n) is 2.61. The van der Waals surface area contributed by atoms with E-state index in [0.29, 0.717) is 15.9 Å². The zero-order valence-corrected chi connectivity index (χ0v) is 12.4. The SMILES string of the molecule is Fc1ccc(C(Cl)Cc2cccc(Cl)c2)cc1Br. The summed E-state index contributed by atoms with van der Waals surface area (Å²) in [4.78, 5) is 0. The molecule has 0 radical (unpaired) electrons. The molecule has 2 aromatic carbocycles. The molecule has 1 atom stereocenters. The first-order valence-electron chi connectivity index (χ1n) is 5.40. The van der Waals surface area contributed by atoms with Gasteiger partial charge >= 0.3 is 0 Å². The molecule has 2 rings (SSSR count). The first-order valence-corrected chi connectivity index (χ1v) is 7.00. The monoisotopic (exact) mass is 346 g/mol. The lowest BCUT2D eigenvalue weighted by atomic mass is 10.0. The maximum Gasteiger partial charge on any atom is 0.137 e. The van der Waals surface area contributed by atoms with Gasteiger partial charge in [-0.2, -0.15) is 0 Å². The largest absolute Gasteiger partial charge is 0.206 e. The molecule has 4 heteroatoms. The van der Waals surface area contributed by atoms with Crippen molar-refractivity contribution in [3.8, 4) is 0 Å². The molecule has 94 valence electrons. The minimum absolute atomic E-state index is 0.208. The van der Waals surface area contributed by atoms with Crippen LogP contribution in [0.25, 0.3) is 0 Å². The van der Waals surface area contributed by atoms with Crippen LogP contribution >= 0.6 is 39.1 Å². The predicted octanol–water partition coefficient (Wildman–Crippen LogP) is 5.76. The summed E-state index contributed by atoms with van der Waals surface area (Å²) in [7, 11) is 0. The Balaban J connectivity index is 2.16. The molecule has 0 amide bonds. The third-order valence-corrected chi connectivity index (χ3v) is 3.86. The van der Waals surface area contributed by atoms with Crippen LogP contribution in [0, 0.1) is 5.82 Å². The van der Waals surface area contributed by atoms with E-state index in [-0.39, 0.29) is 11.2 Å². The van der Waals surface area contributed by atoms with E-state index in [2.05, 4.69) is 15.9 Å². The number of rotatable bonds is 3. The van der Waals surface area contributed by atoms with E-state index in [4.69, 9.17) is 23.2 Å². The van der Waals surface area contributed by atoms with Crippen molar-refractivity contribution < 1.29 is 4.39 Å². The van der Waals surface area contributed by atoms with Gasteiger partial charge in [-0.1, -0.05) is 29.8 Å². The van der Waals surface area contributed by atoms with Crippen molar-refractivity contribution in [3.63, 3.8) is 0 Å². The fourth-order valence-electron chi connectivity index (χ4n) is 1.70. The molecule has 0 bridgehead atoms. The van der Waals surface area contributed by atoms with Crippen LogP contribution in [0.1, 0.15) is 16.5 Å². The van der Waals surface area contributed by atoms with Gasteiger partial charge in [0.05, 0.1) is 9.85 Å². The van der Waals surface area contributed by atoms with Gasteiger partial charge in [0.1, 0.15) is 5.82 Å². The number of halogens is 4. The molecule has 0 saturated heterocycles. The van der Waals surface area contributed by atoms with Gasteiger partial charge in [-0.3, -0.25) is 0 Å². The van der Waals surface area contributed by atoms with Gasteiger partial charge in [0.25, 0.3) is 0 Å². The molecule has 2 aromatic rings. The summed E-state index contributed by atoms with van der Waals surface area (Å²) in [6, 6.07) is 12.4. The van der Waals surface area contributed by atoms with Crippen molar-refractivity contribution in [2.75, 3.05) is 0 Å². The minimum atomic E-state index is -0.287. The van der Waals surface area contributed by atoms with Crippen LogP contribution in [0.3, 0.4) is 0 Å². The number of hydrogen-bond donors (Lipinski definition) is 0. The Morgan fingerprint density at radius 1 is 1.17 bits per heavy atom. The fourth-order valence-corrected chi connectivity index (χ4v) is 2.62. The molecule has 0 nitrogen and oxygen atoms in total. The summed E-state index contributed by atoms with van der Waals surface area (Å²) in [6.45, 7) is 0. The molecular weight excluding hydrogens is 338 g/mol. The number of benzene rings is 2. The van der Waals surface area contributed by atoms with Crippen molar-refractivity contribution in [1.29, 1.82) is 0 Å². The van der Waals surface area contributed by atoms with Crippen molar-refractivity contribution in [3.05, 3.63) is 68.9 Å². The summed E-state index contributed by atoms with van der Waals surface area (Å²) in [5, 5.41) is 0.483. The van der Waals surface area contributed by atoms with Crippen molar-refractivity contribution in [1.82, 2.24) is 0 Å². The highest BCUT2D eigenvalue weighted by Crippen LogP contribution is 2.29. The Bertz CT molecular complexity index is 557.